The summed E-state index contributed by atoms with van der Waals surface area (Å²) in [4.78, 5) is 12.5. The van der Waals surface area contributed by atoms with Crippen LogP contribution in [0.1, 0.15) is 55.1 Å². The Hall–Kier alpha value is -2.51. The number of hydrogen-bond acceptors (Lipinski definition) is 2. The van der Waals surface area contributed by atoms with Gasteiger partial charge >= 0.3 is 0 Å². The second-order valence-corrected chi connectivity index (χ2v) is 7.56. The van der Waals surface area contributed by atoms with E-state index in [1.807, 2.05) is 6.07 Å². The summed E-state index contributed by atoms with van der Waals surface area (Å²) in [7, 11) is 0. The Morgan fingerprint density at radius 3 is 2.52 bits per heavy atom. The predicted octanol–water partition coefficient (Wildman–Crippen LogP) is 5.81. The molecular formula is C22H24ClN3O. The van der Waals surface area contributed by atoms with Gasteiger partial charge in [-0.2, -0.15) is 5.26 Å². The molecule has 0 spiro atoms. The maximum atomic E-state index is 12.5. The number of aromatic nitrogens is 1. The number of halogens is 1. The molecule has 0 radical (unpaired) electrons. The highest BCUT2D eigenvalue weighted by atomic mass is 35.5. The summed E-state index contributed by atoms with van der Waals surface area (Å²) in [5.41, 5.74) is 3.93. The van der Waals surface area contributed by atoms with E-state index < -0.39 is 5.91 Å². The van der Waals surface area contributed by atoms with Crippen molar-refractivity contribution in [2.45, 2.75) is 52.0 Å². The van der Waals surface area contributed by atoms with Crippen molar-refractivity contribution in [2.24, 2.45) is 0 Å². The van der Waals surface area contributed by atoms with E-state index in [0.29, 0.717) is 16.8 Å². The van der Waals surface area contributed by atoms with Crippen molar-refractivity contribution < 1.29 is 4.79 Å². The number of aryl methyl sites for hydroxylation is 1. The van der Waals surface area contributed by atoms with Crippen molar-refractivity contribution in [2.75, 3.05) is 5.32 Å². The third-order valence-electron chi connectivity index (χ3n) is 5.23. The van der Waals surface area contributed by atoms with Gasteiger partial charge in [0.15, 0.2) is 0 Å². The third-order valence-corrected chi connectivity index (χ3v) is 5.48. The van der Waals surface area contributed by atoms with Gasteiger partial charge in [0.05, 0.1) is 0 Å². The molecule has 5 heteroatoms. The number of nitriles is 1. The molecular weight excluding hydrogens is 358 g/mol. The Balaban J connectivity index is 1.84. The Kier molecular flexibility index (Phi) is 6.03. The van der Waals surface area contributed by atoms with Crippen LogP contribution in [0.25, 0.3) is 6.08 Å². The zero-order valence-corrected chi connectivity index (χ0v) is 16.5. The minimum atomic E-state index is -0.415. The Labute approximate surface area is 165 Å². The zero-order valence-electron chi connectivity index (χ0n) is 15.8. The maximum absolute atomic E-state index is 12.5. The maximum Gasteiger partial charge on any atom is 0.266 e. The van der Waals surface area contributed by atoms with E-state index >= 15 is 0 Å². The molecule has 1 saturated carbocycles. The Morgan fingerprint density at radius 1 is 1.22 bits per heavy atom. The van der Waals surface area contributed by atoms with Crippen LogP contribution in [0.2, 0.25) is 5.02 Å². The summed E-state index contributed by atoms with van der Waals surface area (Å²) >= 11 is 5.87. The van der Waals surface area contributed by atoms with Crippen molar-refractivity contribution in [3.8, 4) is 6.07 Å². The summed E-state index contributed by atoms with van der Waals surface area (Å²) in [6.45, 7) is 4.16. The fraction of sp³-hybridized carbons (Fsp3) is 0.364. The van der Waals surface area contributed by atoms with Gasteiger partial charge in [-0.25, -0.2) is 0 Å². The van der Waals surface area contributed by atoms with E-state index in [0.717, 1.165) is 11.3 Å². The van der Waals surface area contributed by atoms with E-state index in [4.69, 9.17) is 11.6 Å². The van der Waals surface area contributed by atoms with Crippen LogP contribution < -0.4 is 5.32 Å². The number of rotatable bonds is 4. The minimum Gasteiger partial charge on any atom is -0.346 e. The first-order valence-corrected chi connectivity index (χ1v) is 9.74. The molecule has 140 valence electrons. The zero-order chi connectivity index (χ0) is 19.4. The molecule has 1 aliphatic rings. The van der Waals surface area contributed by atoms with Gasteiger partial charge in [0.25, 0.3) is 5.91 Å². The van der Waals surface area contributed by atoms with Crippen molar-refractivity contribution in [3.63, 3.8) is 0 Å². The van der Waals surface area contributed by atoms with Gasteiger partial charge in [-0.15, -0.1) is 0 Å². The van der Waals surface area contributed by atoms with Gasteiger partial charge in [-0.1, -0.05) is 30.9 Å². The Morgan fingerprint density at radius 2 is 1.89 bits per heavy atom. The van der Waals surface area contributed by atoms with Crippen LogP contribution in [0.4, 0.5) is 5.69 Å². The largest absolute Gasteiger partial charge is 0.346 e. The Bertz CT molecular complexity index is 897. The quantitative estimate of drug-likeness (QED) is 0.536. The highest BCUT2D eigenvalue weighted by molar-refractivity contribution is 6.30. The third kappa shape index (κ3) is 4.43. The molecule has 1 N–H and O–H groups in total. The molecule has 1 aromatic heterocycles. The first-order valence-electron chi connectivity index (χ1n) is 9.36. The van der Waals surface area contributed by atoms with Crippen molar-refractivity contribution in [1.82, 2.24) is 4.57 Å². The van der Waals surface area contributed by atoms with Crippen LogP contribution in [-0.2, 0) is 4.79 Å². The van der Waals surface area contributed by atoms with E-state index in [2.05, 4.69) is 29.8 Å². The number of amides is 1. The first kappa shape index (κ1) is 19.3. The lowest BCUT2D eigenvalue weighted by atomic mass is 9.95. The van der Waals surface area contributed by atoms with Gasteiger partial charge < -0.3 is 9.88 Å². The monoisotopic (exact) mass is 381 g/mol. The topological polar surface area (TPSA) is 57.8 Å². The highest BCUT2D eigenvalue weighted by Gasteiger charge is 2.20. The molecule has 0 aliphatic heterocycles. The van der Waals surface area contributed by atoms with E-state index in [1.165, 1.54) is 37.8 Å². The molecule has 0 atom stereocenters. The number of carbonyl (C=O) groups is 1. The lowest BCUT2D eigenvalue weighted by Crippen LogP contribution is -2.15. The molecule has 1 amide bonds. The van der Waals surface area contributed by atoms with Crippen molar-refractivity contribution in [3.05, 3.63) is 57.9 Å². The molecule has 1 fully saturated rings. The molecule has 3 rings (SSSR count). The van der Waals surface area contributed by atoms with Gasteiger partial charge in [-0.3, -0.25) is 4.79 Å². The van der Waals surface area contributed by atoms with Crippen LogP contribution in [0, 0.1) is 25.2 Å². The summed E-state index contributed by atoms with van der Waals surface area (Å²) in [5.74, 6) is -0.415. The number of hydrogen-bond donors (Lipinski definition) is 1. The number of carbonyl (C=O) groups excluding carboxylic acids is 1. The van der Waals surface area contributed by atoms with Crippen LogP contribution in [0.15, 0.2) is 35.9 Å². The lowest BCUT2D eigenvalue weighted by Gasteiger charge is -2.26. The molecule has 1 aromatic carbocycles. The number of anilines is 1. The van der Waals surface area contributed by atoms with E-state index in [-0.39, 0.29) is 5.57 Å². The van der Waals surface area contributed by atoms with Gasteiger partial charge in [0, 0.05) is 28.1 Å². The van der Waals surface area contributed by atoms with Crippen LogP contribution >= 0.6 is 11.6 Å². The van der Waals surface area contributed by atoms with Crippen molar-refractivity contribution in [1.29, 1.82) is 5.26 Å². The lowest BCUT2D eigenvalue weighted by molar-refractivity contribution is -0.112. The number of nitrogens with zero attached hydrogens (tertiary/aromatic N) is 2. The highest BCUT2D eigenvalue weighted by Crippen LogP contribution is 2.32. The number of nitrogens with one attached hydrogen (secondary N) is 1. The fourth-order valence-electron chi connectivity index (χ4n) is 3.89. The molecule has 1 aliphatic carbocycles. The minimum absolute atomic E-state index is 0.0915. The van der Waals surface area contributed by atoms with Crippen LogP contribution in [0.3, 0.4) is 0 Å². The van der Waals surface area contributed by atoms with Gasteiger partial charge in [0.1, 0.15) is 11.6 Å². The summed E-state index contributed by atoms with van der Waals surface area (Å²) in [6.07, 6.45) is 7.92. The summed E-state index contributed by atoms with van der Waals surface area (Å²) in [6, 6.07) is 11.4. The summed E-state index contributed by atoms with van der Waals surface area (Å²) < 4.78 is 2.37. The van der Waals surface area contributed by atoms with Gasteiger partial charge in [-0.05, 0) is 68.7 Å². The predicted molar refractivity (Wildman–Crippen MR) is 110 cm³/mol. The second kappa shape index (κ2) is 8.45. The standard InChI is InChI=1S/C22H24ClN3O/c1-15-12-17(16(2)26(15)21-6-4-3-5-7-21)13-18(14-24)22(27)25-20-10-8-19(23)9-11-20/h8-13,21H,3-7H2,1-2H3,(H,25,27)/b18-13-. The normalized spacial score (nSPS) is 15.4. The average Bonchev–Trinajstić information content (AvgIpc) is 2.95. The molecule has 0 saturated heterocycles. The van der Waals surface area contributed by atoms with Crippen LogP contribution in [-0.4, -0.2) is 10.5 Å². The molecule has 0 bridgehead atoms. The molecule has 4 nitrogen and oxygen atoms in total. The summed E-state index contributed by atoms with van der Waals surface area (Å²) in [5, 5.41) is 12.8. The first-order chi connectivity index (χ1) is 13.0. The number of benzene rings is 1. The smallest absolute Gasteiger partial charge is 0.266 e. The van der Waals surface area contributed by atoms with E-state index in [1.54, 1.807) is 30.3 Å². The van der Waals surface area contributed by atoms with E-state index in [9.17, 15) is 10.1 Å². The van der Waals surface area contributed by atoms with Crippen LogP contribution in [0.5, 0.6) is 0 Å². The molecule has 1 heterocycles. The molecule has 0 unspecified atom stereocenters. The fourth-order valence-corrected chi connectivity index (χ4v) is 4.01. The molecule has 2 aromatic rings. The molecule has 27 heavy (non-hydrogen) atoms. The van der Waals surface area contributed by atoms with Crippen molar-refractivity contribution >= 4 is 29.3 Å². The SMILES string of the molecule is Cc1cc(/C=C(/C#N)C(=O)Nc2ccc(Cl)cc2)c(C)n1C1CCCCC1. The second-order valence-electron chi connectivity index (χ2n) is 7.12. The van der Waals surface area contributed by atoms with Gasteiger partial charge in [0.2, 0.25) is 0 Å². The average molecular weight is 382 g/mol.